The number of carbonyl (C=O) groups is 2. The molecule has 0 unspecified atom stereocenters. The predicted molar refractivity (Wildman–Crippen MR) is 87.0 cm³/mol. The van der Waals surface area contributed by atoms with Crippen LogP contribution in [0, 0.1) is 0 Å². The Balaban J connectivity index is 1.58. The summed E-state index contributed by atoms with van der Waals surface area (Å²) in [6.45, 7) is 1.15. The number of alkyl carbamates (subject to hydrolysis) is 1. The largest absolute Gasteiger partial charge is 0.465 e. The van der Waals surface area contributed by atoms with Crippen LogP contribution in [0.4, 0.5) is 9.59 Å². The third kappa shape index (κ3) is 4.61. The fraction of sp³-hybridized carbons (Fsp3) is 0.529. The van der Waals surface area contributed by atoms with E-state index in [1.165, 1.54) is 0 Å². The second kappa shape index (κ2) is 7.71. The van der Waals surface area contributed by atoms with Crippen LogP contribution in [0.25, 0.3) is 0 Å². The zero-order valence-electron chi connectivity index (χ0n) is 13.8. The van der Waals surface area contributed by atoms with Crippen molar-refractivity contribution in [3.8, 4) is 0 Å². The first-order chi connectivity index (χ1) is 12.1. The van der Waals surface area contributed by atoms with Crippen molar-refractivity contribution in [2.75, 3.05) is 13.2 Å². The zero-order chi connectivity index (χ0) is 17.7. The third-order valence-corrected chi connectivity index (χ3v) is 4.49. The Kier molecular flexibility index (Phi) is 5.40. The van der Waals surface area contributed by atoms with Crippen molar-refractivity contribution >= 4 is 12.2 Å². The van der Waals surface area contributed by atoms with E-state index in [0.29, 0.717) is 32.5 Å². The van der Waals surface area contributed by atoms with Gasteiger partial charge in [-0.05, 0) is 12.0 Å². The Hall–Kier alpha value is -2.32. The number of carbonyl (C=O) groups excluding carboxylic acids is 1. The lowest BCUT2D eigenvalue weighted by Gasteiger charge is -2.40. The second-order valence-corrected chi connectivity index (χ2v) is 6.22. The number of ether oxygens (including phenoxy) is 3. The highest BCUT2D eigenvalue weighted by atomic mass is 16.7. The molecule has 8 nitrogen and oxygen atoms in total. The molecule has 2 atom stereocenters. The van der Waals surface area contributed by atoms with Crippen molar-refractivity contribution in [3.63, 3.8) is 0 Å². The molecule has 8 heteroatoms. The van der Waals surface area contributed by atoms with Crippen molar-refractivity contribution in [2.24, 2.45) is 0 Å². The quantitative estimate of drug-likeness (QED) is 0.765. The molecular weight excluding hydrogens is 328 g/mol. The summed E-state index contributed by atoms with van der Waals surface area (Å²) in [4.78, 5) is 23.1. The first kappa shape index (κ1) is 17.5. The molecule has 2 aliphatic rings. The average molecular weight is 350 g/mol. The van der Waals surface area contributed by atoms with Gasteiger partial charge in [0.05, 0.1) is 25.3 Å². The molecule has 2 amide bonds. The second-order valence-electron chi connectivity index (χ2n) is 6.22. The monoisotopic (exact) mass is 350 g/mol. The number of hydrogen-bond acceptors (Lipinski definition) is 5. The molecule has 0 bridgehead atoms. The summed E-state index contributed by atoms with van der Waals surface area (Å²) in [6.07, 6.45) is -0.261. The van der Waals surface area contributed by atoms with Gasteiger partial charge in [0.25, 0.3) is 0 Å². The normalized spacial score (nSPS) is 24.6. The maximum atomic E-state index is 12.1. The van der Waals surface area contributed by atoms with E-state index in [1.54, 1.807) is 0 Å². The van der Waals surface area contributed by atoms with Crippen LogP contribution >= 0.6 is 0 Å². The van der Waals surface area contributed by atoms with Crippen LogP contribution < -0.4 is 10.6 Å². The molecule has 0 radical (unpaired) electrons. The molecule has 136 valence electrons. The van der Waals surface area contributed by atoms with E-state index in [9.17, 15) is 9.59 Å². The lowest BCUT2D eigenvalue weighted by atomic mass is 9.85. The Morgan fingerprint density at radius 1 is 1.16 bits per heavy atom. The molecule has 1 saturated carbocycles. The molecule has 1 heterocycles. The predicted octanol–water partition coefficient (Wildman–Crippen LogP) is 1.84. The molecule has 25 heavy (non-hydrogen) atoms. The van der Waals surface area contributed by atoms with Gasteiger partial charge >= 0.3 is 12.2 Å². The maximum Gasteiger partial charge on any atom is 0.407 e. The summed E-state index contributed by atoms with van der Waals surface area (Å²) < 4.78 is 16.6. The summed E-state index contributed by atoms with van der Waals surface area (Å²) in [5.74, 6) is -0.742. The Labute approximate surface area is 145 Å². The Bertz CT molecular complexity index is 602. The summed E-state index contributed by atoms with van der Waals surface area (Å²) in [7, 11) is 0. The maximum absolute atomic E-state index is 12.1. The van der Waals surface area contributed by atoms with Gasteiger partial charge in [-0.2, -0.15) is 0 Å². The van der Waals surface area contributed by atoms with Gasteiger partial charge < -0.3 is 30.0 Å². The first-order valence-corrected chi connectivity index (χ1v) is 8.31. The van der Waals surface area contributed by atoms with Crippen LogP contribution in [-0.2, 0) is 20.8 Å². The minimum Gasteiger partial charge on any atom is -0.465 e. The molecule has 2 fully saturated rings. The minimum atomic E-state index is -1.13. The van der Waals surface area contributed by atoms with Crippen molar-refractivity contribution in [1.82, 2.24) is 10.6 Å². The van der Waals surface area contributed by atoms with Gasteiger partial charge in [0.1, 0.15) is 6.61 Å². The molecule has 1 aromatic carbocycles. The lowest BCUT2D eigenvalue weighted by Crippen LogP contribution is -2.58. The zero-order valence-corrected chi connectivity index (χ0v) is 13.8. The highest BCUT2D eigenvalue weighted by molar-refractivity contribution is 5.68. The third-order valence-electron chi connectivity index (χ3n) is 4.49. The van der Waals surface area contributed by atoms with E-state index in [1.807, 2.05) is 30.3 Å². The number of benzene rings is 1. The smallest absolute Gasteiger partial charge is 0.407 e. The van der Waals surface area contributed by atoms with Gasteiger partial charge in [0, 0.05) is 12.8 Å². The van der Waals surface area contributed by atoms with Gasteiger partial charge in [-0.15, -0.1) is 0 Å². The summed E-state index contributed by atoms with van der Waals surface area (Å²) in [5, 5.41) is 14.2. The molecule has 1 aliphatic heterocycles. The van der Waals surface area contributed by atoms with Gasteiger partial charge in [-0.1, -0.05) is 30.3 Å². The van der Waals surface area contributed by atoms with Crippen LogP contribution in [0.5, 0.6) is 0 Å². The summed E-state index contributed by atoms with van der Waals surface area (Å²) in [5.41, 5.74) is 0.875. The fourth-order valence-electron chi connectivity index (χ4n) is 3.31. The van der Waals surface area contributed by atoms with Crippen molar-refractivity contribution < 1.29 is 28.9 Å². The number of rotatable bonds is 4. The van der Waals surface area contributed by atoms with Gasteiger partial charge in [0.15, 0.2) is 5.79 Å². The Morgan fingerprint density at radius 2 is 1.88 bits per heavy atom. The minimum absolute atomic E-state index is 0.147. The van der Waals surface area contributed by atoms with Gasteiger partial charge in [-0.25, -0.2) is 9.59 Å². The molecule has 3 rings (SSSR count). The molecule has 3 N–H and O–H groups in total. The van der Waals surface area contributed by atoms with E-state index >= 15 is 0 Å². The Morgan fingerprint density at radius 3 is 2.56 bits per heavy atom. The molecule has 1 saturated heterocycles. The summed E-state index contributed by atoms with van der Waals surface area (Å²) >= 11 is 0. The van der Waals surface area contributed by atoms with Crippen LogP contribution in [-0.4, -0.2) is 48.4 Å². The van der Waals surface area contributed by atoms with Gasteiger partial charge in [-0.3, -0.25) is 0 Å². The average Bonchev–Trinajstić information content (AvgIpc) is 3.04. The number of amides is 2. The first-order valence-electron chi connectivity index (χ1n) is 8.31. The standard InChI is InChI=1S/C17H22N2O6/c20-15(21)18-13-6-7-17(24-8-9-25-17)10-14(13)19-16(22)23-11-12-4-2-1-3-5-12/h1-5,13-14,18H,6-11H2,(H,19,22)(H,20,21)/t13-,14+/m0/s1. The van der Waals surface area contributed by atoms with E-state index in [2.05, 4.69) is 10.6 Å². The SMILES string of the molecule is O=C(O)N[C@H]1CCC2(C[C@H]1NC(=O)OCc1ccccc1)OCCO2. The topological polar surface area (TPSA) is 106 Å². The highest BCUT2D eigenvalue weighted by Crippen LogP contribution is 2.36. The van der Waals surface area contributed by atoms with Crippen LogP contribution in [0.1, 0.15) is 24.8 Å². The molecule has 1 spiro atoms. The van der Waals surface area contributed by atoms with E-state index in [4.69, 9.17) is 19.3 Å². The molecule has 1 aromatic rings. The van der Waals surface area contributed by atoms with Crippen molar-refractivity contribution in [1.29, 1.82) is 0 Å². The molecular formula is C17H22N2O6. The fourth-order valence-corrected chi connectivity index (χ4v) is 3.31. The molecule has 0 aromatic heterocycles. The van der Waals surface area contributed by atoms with Crippen LogP contribution in [0.3, 0.4) is 0 Å². The van der Waals surface area contributed by atoms with Crippen LogP contribution in [0.2, 0.25) is 0 Å². The van der Waals surface area contributed by atoms with Crippen molar-refractivity contribution in [3.05, 3.63) is 35.9 Å². The number of carboxylic acid groups (broad SMARTS) is 1. The van der Waals surface area contributed by atoms with E-state index < -0.39 is 30.1 Å². The van der Waals surface area contributed by atoms with Gasteiger partial charge in [0.2, 0.25) is 0 Å². The number of nitrogens with one attached hydrogen (secondary N) is 2. The van der Waals surface area contributed by atoms with Crippen molar-refractivity contribution in [2.45, 2.75) is 43.7 Å². The van der Waals surface area contributed by atoms with Crippen LogP contribution in [0.15, 0.2) is 30.3 Å². The summed E-state index contributed by atoms with van der Waals surface area (Å²) in [6, 6.07) is 8.45. The highest BCUT2D eigenvalue weighted by Gasteiger charge is 2.46. The van der Waals surface area contributed by atoms with E-state index in [-0.39, 0.29) is 6.61 Å². The molecule has 1 aliphatic carbocycles. The number of hydrogen-bond donors (Lipinski definition) is 3. The van der Waals surface area contributed by atoms with E-state index in [0.717, 1.165) is 5.56 Å². The lowest BCUT2D eigenvalue weighted by molar-refractivity contribution is -0.184.